The second-order valence-corrected chi connectivity index (χ2v) is 4.44. The molecule has 0 radical (unpaired) electrons. The zero-order chi connectivity index (χ0) is 10.8. The Balaban J connectivity index is 2.34. The molecule has 0 aromatic heterocycles. The number of carbonyl (C=O) groups is 1. The highest BCUT2D eigenvalue weighted by molar-refractivity contribution is 9.10. The summed E-state index contributed by atoms with van der Waals surface area (Å²) in [6, 6.07) is 5.95. The minimum absolute atomic E-state index is 0.0300. The number of anilines is 1. The van der Waals surface area contributed by atoms with Gasteiger partial charge in [0.1, 0.15) is 6.61 Å². The minimum Gasteiger partial charge on any atom is -0.370 e. The highest BCUT2D eigenvalue weighted by Gasteiger charge is 2.21. The molecule has 0 spiro atoms. The van der Waals surface area contributed by atoms with Gasteiger partial charge in [-0.15, -0.1) is 0 Å². The molecule has 1 aromatic carbocycles. The van der Waals surface area contributed by atoms with Gasteiger partial charge in [-0.2, -0.15) is 0 Å². The van der Waals surface area contributed by atoms with Crippen LogP contribution in [-0.4, -0.2) is 25.7 Å². The predicted octanol–water partition coefficient (Wildman–Crippen LogP) is 2.12. The number of hydrogen-bond acceptors (Lipinski definition) is 2. The summed E-state index contributed by atoms with van der Waals surface area (Å²) < 4.78 is 6.09. The number of nitrogens with zero attached hydrogens (tertiary/aromatic N) is 1. The topological polar surface area (TPSA) is 29.5 Å². The van der Waals surface area contributed by atoms with Gasteiger partial charge in [0.05, 0.1) is 6.61 Å². The molecule has 0 unspecified atom stereocenters. The fraction of sp³-hybridized carbons (Fsp3) is 0.364. The molecule has 1 aliphatic rings. The zero-order valence-electron chi connectivity index (χ0n) is 8.50. The standard InChI is InChI=1S/C11H12BrNO2/c1-8-2-3-9(12)6-10(8)13-4-5-15-7-11(13)14/h2-3,6H,4-5,7H2,1H3. The Labute approximate surface area is 97.2 Å². The lowest BCUT2D eigenvalue weighted by Crippen LogP contribution is -2.42. The first-order valence-electron chi connectivity index (χ1n) is 4.83. The summed E-state index contributed by atoms with van der Waals surface area (Å²) in [5, 5.41) is 0. The van der Waals surface area contributed by atoms with Gasteiger partial charge in [0.2, 0.25) is 0 Å². The predicted molar refractivity (Wildman–Crippen MR) is 62.1 cm³/mol. The van der Waals surface area contributed by atoms with Crippen LogP contribution < -0.4 is 4.90 Å². The highest BCUT2D eigenvalue weighted by atomic mass is 79.9. The van der Waals surface area contributed by atoms with Crippen molar-refractivity contribution in [3.63, 3.8) is 0 Å². The maximum atomic E-state index is 11.6. The maximum absolute atomic E-state index is 11.6. The van der Waals surface area contributed by atoms with E-state index in [-0.39, 0.29) is 12.5 Å². The Morgan fingerprint density at radius 2 is 2.27 bits per heavy atom. The summed E-state index contributed by atoms with van der Waals surface area (Å²) in [5.41, 5.74) is 2.08. The molecule has 1 amide bonds. The number of carbonyl (C=O) groups excluding carboxylic acids is 1. The molecular weight excluding hydrogens is 258 g/mol. The van der Waals surface area contributed by atoms with Crippen LogP contribution in [0.5, 0.6) is 0 Å². The number of amides is 1. The Kier molecular flexibility index (Phi) is 3.07. The molecule has 80 valence electrons. The minimum atomic E-state index is 0.0300. The summed E-state index contributed by atoms with van der Waals surface area (Å²) in [6.07, 6.45) is 0. The lowest BCUT2D eigenvalue weighted by Gasteiger charge is -2.28. The zero-order valence-corrected chi connectivity index (χ0v) is 10.1. The number of benzene rings is 1. The van der Waals surface area contributed by atoms with Gasteiger partial charge in [0.25, 0.3) is 5.91 Å². The molecule has 1 heterocycles. The van der Waals surface area contributed by atoms with Crippen molar-refractivity contribution in [1.82, 2.24) is 0 Å². The molecule has 0 N–H and O–H groups in total. The molecular formula is C11H12BrNO2. The van der Waals surface area contributed by atoms with Gasteiger partial charge in [-0.1, -0.05) is 22.0 Å². The second-order valence-electron chi connectivity index (χ2n) is 3.53. The number of hydrogen-bond donors (Lipinski definition) is 0. The van der Waals surface area contributed by atoms with E-state index < -0.39 is 0 Å². The Bertz CT molecular complexity index is 392. The lowest BCUT2D eigenvalue weighted by atomic mass is 10.1. The van der Waals surface area contributed by atoms with Crippen molar-refractivity contribution in [1.29, 1.82) is 0 Å². The summed E-state index contributed by atoms with van der Waals surface area (Å²) >= 11 is 3.41. The summed E-state index contributed by atoms with van der Waals surface area (Å²) in [7, 11) is 0. The number of aryl methyl sites for hydroxylation is 1. The van der Waals surface area contributed by atoms with Gasteiger partial charge >= 0.3 is 0 Å². The first kappa shape index (κ1) is 10.6. The molecule has 0 aliphatic carbocycles. The molecule has 1 fully saturated rings. The monoisotopic (exact) mass is 269 g/mol. The van der Waals surface area contributed by atoms with Crippen LogP contribution in [0.2, 0.25) is 0 Å². The molecule has 1 aromatic rings. The van der Waals surface area contributed by atoms with Crippen molar-refractivity contribution >= 4 is 27.5 Å². The van der Waals surface area contributed by atoms with Crippen LogP contribution in [0, 0.1) is 6.92 Å². The molecule has 1 aliphatic heterocycles. The van der Waals surface area contributed by atoms with Gasteiger partial charge in [0, 0.05) is 16.7 Å². The van der Waals surface area contributed by atoms with Crippen molar-refractivity contribution < 1.29 is 9.53 Å². The Hall–Kier alpha value is -0.870. The van der Waals surface area contributed by atoms with Crippen molar-refractivity contribution in [2.24, 2.45) is 0 Å². The van der Waals surface area contributed by atoms with Gasteiger partial charge in [-0.3, -0.25) is 4.79 Å². The molecule has 0 saturated carbocycles. The second kappa shape index (κ2) is 4.33. The maximum Gasteiger partial charge on any atom is 0.253 e. The van der Waals surface area contributed by atoms with Gasteiger partial charge in [0.15, 0.2) is 0 Å². The van der Waals surface area contributed by atoms with E-state index in [1.54, 1.807) is 4.90 Å². The Morgan fingerprint density at radius 3 is 3.00 bits per heavy atom. The van der Waals surface area contributed by atoms with Crippen molar-refractivity contribution in [2.75, 3.05) is 24.7 Å². The van der Waals surface area contributed by atoms with E-state index in [2.05, 4.69) is 15.9 Å². The molecule has 2 rings (SSSR count). The summed E-state index contributed by atoms with van der Waals surface area (Å²) in [6.45, 7) is 3.43. The van der Waals surface area contributed by atoms with Gasteiger partial charge < -0.3 is 9.64 Å². The lowest BCUT2D eigenvalue weighted by molar-refractivity contribution is -0.125. The fourth-order valence-electron chi connectivity index (χ4n) is 1.65. The quantitative estimate of drug-likeness (QED) is 0.782. The average molecular weight is 270 g/mol. The van der Waals surface area contributed by atoms with E-state index in [9.17, 15) is 4.79 Å². The summed E-state index contributed by atoms with van der Waals surface area (Å²) in [4.78, 5) is 13.4. The van der Waals surface area contributed by atoms with Gasteiger partial charge in [-0.25, -0.2) is 0 Å². The van der Waals surface area contributed by atoms with Crippen LogP contribution in [0.1, 0.15) is 5.56 Å². The molecule has 1 saturated heterocycles. The molecule has 3 nitrogen and oxygen atoms in total. The first-order chi connectivity index (χ1) is 7.18. The van der Waals surface area contributed by atoms with Crippen molar-refractivity contribution in [3.8, 4) is 0 Å². The molecule has 0 bridgehead atoms. The number of halogens is 1. The van der Waals surface area contributed by atoms with E-state index in [0.717, 1.165) is 15.7 Å². The summed E-state index contributed by atoms with van der Waals surface area (Å²) in [5.74, 6) is 0.0300. The van der Waals surface area contributed by atoms with Gasteiger partial charge in [-0.05, 0) is 24.6 Å². The van der Waals surface area contributed by atoms with Crippen LogP contribution in [-0.2, 0) is 9.53 Å². The van der Waals surface area contributed by atoms with Crippen LogP contribution in [0.4, 0.5) is 5.69 Å². The first-order valence-corrected chi connectivity index (χ1v) is 5.62. The van der Waals surface area contributed by atoms with E-state index in [4.69, 9.17) is 4.74 Å². The van der Waals surface area contributed by atoms with Crippen molar-refractivity contribution in [3.05, 3.63) is 28.2 Å². The normalized spacial score (nSPS) is 16.9. The average Bonchev–Trinajstić information content (AvgIpc) is 2.23. The van der Waals surface area contributed by atoms with Crippen molar-refractivity contribution in [2.45, 2.75) is 6.92 Å². The van der Waals surface area contributed by atoms with Crippen LogP contribution in [0.3, 0.4) is 0 Å². The number of rotatable bonds is 1. The number of morpholine rings is 1. The number of ether oxygens (including phenoxy) is 1. The van der Waals surface area contributed by atoms with E-state index in [1.165, 1.54) is 0 Å². The third-order valence-corrected chi connectivity index (χ3v) is 2.94. The smallest absolute Gasteiger partial charge is 0.253 e. The van der Waals surface area contributed by atoms with Crippen LogP contribution in [0.25, 0.3) is 0 Å². The van der Waals surface area contributed by atoms with E-state index in [0.29, 0.717) is 13.2 Å². The third-order valence-electron chi connectivity index (χ3n) is 2.45. The van der Waals surface area contributed by atoms with Crippen LogP contribution in [0.15, 0.2) is 22.7 Å². The SMILES string of the molecule is Cc1ccc(Br)cc1N1CCOCC1=O. The third kappa shape index (κ3) is 2.21. The molecule has 4 heteroatoms. The fourth-order valence-corrected chi connectivity index (χ4v) is 2.00. The van der Waals surface area contributed by atoms with E-state index >= 15 is 0 Å². The van der Waals surface area contributed by atoms with Crippen LogP contribution >= 0.6 is 15.9 Å². The molecule has 15 heavy (non-hydrogen) atoms. The highest BCUT2D eigenvalue weighted by Crippen LogP contribution is 2.25. The Morgan fingerprint density at radius 1 is 1.47 bits per heavy atom. The largest absolute Gasteiger partial charge is 0.370 e. The van der Waals surface area contributed by atoms with E-state index in [1.807, 2.05) is 25.1 Å². The molecule has 0 atom stereocenters.